The van der Waals surface area contributed by atoms with E-state index in [9.17, 15) is 9.50 Å². The van der Waals surface area contributed by atoms with Crippen LogP contribution < -0.4 is 0 Å². The zero-order chi connectivity index (χ0) is 13.4. The lowest BCUT2D eigenvalue weighted by Gasteiger charge is -2.15. The average Bonchev–Trinajstić information content (AvgIpc) is 2.88. The quantitative estimate of drug-likeness (QED) is 0.881. The van der Waals surface area contributed by atoms with Crippen LogP contribution in [0.25, 0.3) is 0 Å². The van der Waals surface area contributed by atoms with Crippen LogP contribution in [0.15, 0.2) is 40.9 Å². The molecule has 98 valence electrons. The van der Waals surface area contributed by atoms with Gasteiger partial charge in [-0.1, -0.05) is 34.1 Å². The van der Waals surface area contributed by atoms with Gasteiger partial charge < -0.3 is 5.11 Å². The first kappa shape index (κ1) is 12.8. The second kappa shape index (κ2) is 5.06. The van der Waals surface area contributed by atoms with Crippen molar-refractivity contribution in [2.75, 3.05) is 0 Å². The molecule has 0 aliphatic heterocycles. The number of aliphatic hydroxyl groups is 1. The van der Waals surface area contributed by atoms with Crippen molar-refractivity contribution in [3.8, 4) is 0 Å². The molecule has 0 saturated heterocycles. The molecule has 3 rings (SSSR count). The number of fused-ring (bicyclic) bond motifs is 1. The van der Waals surface area contributed by atoms with Crippen molar-refractivity contribution in [2.45, 2.75) is 25.4 Å². The normalized spacial score (nSPS) is 15.3. The van der Waals surface area contributed by atoms with Crippen molar-refractivity contribution >= 4 is 15.9 Å². The minimum absolute atomic E-state index is 0.335. The van der Waals surface area contributed by atoms with Crippen molar-refractivity contribution in [1.29, 1.82) is 0 Å². The van der Waals surface area contributed by atoms with Gasteiger partial charge in [-0.15, -0.1) is 0 Å². The summed E-state index contributed by atoms with van der Waals surface area (Å²) in [6, 6.07) is 10.4. The summed E-state index contributed by atoms with van der Waals surface area (Å²) in [6.45, 7) is 0. The fourth-order valence-electron chi connectivity index (χ4n) is 2.67. The maximum absolute atomic E-state index is 13.3. The van der Waals surface area contributed by atoms with E-state index in [2.05, 4.69) is 22.0 Å². The molecule has 1 N–H and O–H groups in total. The van der Waals surface area contributed by atoms with Crippen LogP contribution >= 0.6 is 15.9 Å². The standard InChI is InChI=1S/C16H14BrFO/c17-15-7-6-13(18)9-14(15)16(19)12-5-4-10-2-1-3-11(10)8-12/h4-9,16,19H,1-3H2. The zero-order valence-corrected chi connectivity index (χ0v) is 12.0. The third-order valence-electron chi connectivity index (χ3n) is 3.69. The summed E-state index contributed by atoms with van der Waals surface area (Å²) in [4.78, 5) is 0. The largest absolute Gasteiger partial charge is 0.384 e. The summed E-state index contributed by atoms with van der Waals surface area (Å²) in [5.41, 5.74) is 4.07. The highest BCUT2D eigenvalue weighted by atomic mass is 79.9. The lowest BCUT2D eigenvalue weighted by Crippen LogP contribution is -2.02. The third kappa shape index (κ3) is 2.45. The molecule has 19 heavy (non-hydrogen) atoms. The molecule has 0 amide bonds. The predicted molar refractivity (Wildman–Crippen MR) is 76.6 cm³/mol. The molecule has 0 spiro atoms. The fraction of sp³-hybridized carbons (Fsp3) is 0.250. The fourth-order valence-corrected chi connectivity index (χ4v) is 3.13. The summed E-state index contributed by atoms with van der Waals surface area (Å²) < 4.78 is 14.0. The third-order valence-corrected chi connectivity index (χ3v) is 4.41. The monoisotopic (exact) mass is 320 g/mol. The number of benzene rings is 2. The van der Waals surface area contributed by atoms with Crippen LogP contribution in [0.5, 0.6) is 0 Å². The topological polar surface area (TPSA) is 20.2 Å². The molecule has 0 bridgehead atoms. The second-order valence-corrected chi connectivity index (χ2v) is 5.80. The predicted octanol–water partition coefficient (Wildman–Crippen LogP) is 4.16. The molecule has 2 aromatic rings. The van der Waals surface area contributed by atoms with Crippen molar-refractivity contribution in [3.63, 3.8) is 0 Å². The molecule has 2 aromatic carbocycles. The average molecular weight is 321 g/mol. The number of rotatable bonds is 2. The van der Waals surface area contributed by atoms with E-state index < -0.39 is 6.10 Å². The van der Waals surface area contributed by atoms with Crippen molar-refractivity contribution < 1.29 is 9.50 Å². The molecule has 1 aliphatic carbocycles. The van der Waals surface area contributed by atoms with Crippen LogP contribution in [0.2, 0.25) is 0 Å². The molecule has 1 unspecified atom stereocenters. The number of halogens is 2. The first-order valence-corrected chi connectivity index (χ1v) is 7.19. The lowest BCUT2D eigenvalue weighted by atomic mass is 9.98. The maximum atomic E-state index is 13.3. The Hall–Kier alpha value is -1.19. The molecule has 0 aromatic heterocycles. The smallest absolute Gasteiger partial charge is 0.123 e. The molecule has 1 nitrogen and oxygen atoms in total. The number of hydrogen-bond donors (Lipinski definition) is 1. The van der Waals surface area contributed by atoms with Crippen LogP contribution in [0.3, 0.4) is 0 Å². The molecule has 0 radical (unpaired) electrons. The van der Waals surface area contributed by atoms with E-state index in [0.29, 0.717) is 5.56 Å². The first-order valence-electron chi connectivity index (χ1n) is 6.40. The minimum Gasteiger partial charge on any atom is -0.384 e. The van der Waals surface area contributed by atoms with Gasteiger partial charge in [-0.25, -0.2) is 4.39 Å². The van der Waals surface area contributed by atoms with E-state index in [1.54, 1.807) is 6.07 Å². The van der Waals surface area contributed by atoms with E-state index in [1.165, 1.54) is 29.7 Å². The summed E-state index contributed by atoms with van der Waals surface area (Å²) >= 11 is 3.36. The Bertz CT molecular complexity index is 624. The molecule has 0 heterocycles. The van der Waals surface area contributed by atoms with Crippen molar-refractivity contribution in [3.05, 3.63) is 68.9 Å². The number of aliphatic hydroxyl groups excluding tert-OH is 1. The summed E-state index contributed by atoms with van der Waals surface area (Å²) in [5, 5.41) is 10.4. The van der Waals surface area contributed by atoms with Gasteiger partial charge in [-0.2, -0.15) is 0 Å². The van der Waals surface area contributed by atoms with Gasteiger partial charge in [0.2, 0.25) is 0 Å². The number of aryl methyl sites for hydroxylation is 2. The maximum Gasteiger partial charge on any atom is 0.123 e. The van der Waals surface area contributed by atoms with E-state index in [1.807, 2.05) is 12.1 Å². The molecule has 0 fully saturated rings. The Labute approximate surface area is 120 Å². The first-order chi connectivity index (χ1) is 9.15. The van der Waals surface area contributed by atoms with Crippen LogP contribution in [0.1, 0.15) is 34.8 Å². The Morgan fingerprint density at radius 2 is 1.84 bits per heavy atom. The highest BCUT2D eigenvalue weighted by molar-refractivity contribution is 9.10. The minimum atomic E-state index is -0.795. The Morgan fingerprint density at radius 1 is 1.05 bits per heavy atom. The second-order valence-electron chi connectivity index (χ2n) is 4.95. The van der Waals surface area contributed by atoms with Gasteiger partial charge in [0.05, 0.1) is 0 Å². The van der Waals surface area contributed by atoms with Crippen LogP contribution in [-0.4, -0.2) is 5.11 Å². The Kier molecular flexibility index (Phi) is 3.42. The van der Waals surface area contributed by atoms with Crippen molar-refractivity contribution in [2.24, 2.45) is 0 Å². The van der Waals surface area contributed by atoms with Crippen LogP contribution in [0.4, 0.5) is 4.39 Å². The zero-order valence-electron chi connectivity index (χ0n) is 10.4. The van der Waals surface area contributed by atoms with Gasteiger partial charge in [0.1, 0.15) is 11.9 Å². The van der Waals surface area contributed by atoms with Crippen molar-refractivity contribution in [1.82, 2.24) is 0 Å². The molecular formula is C16H14BrFO. The van der Waals surface area contributed by atoms with Gasteiger partial charge in [0.25, 0.3) is 0 Å². The summed E-state index contributed by atoms with van der Waals surface area (Å²) in [6.07, 6.45) is 2.57. The van der Waals surface area contributed by atoms with Gasteiger partial charge in [-0.05, 0) is 54.2 Å². The van der Waals surface area contributed by atoms with Crippen LogP contribution in [0, 0.1) is 5.82 Å². The van der Waals surface area contributed by atoms with Gasteiger partial charge in [0.15, 0.2) is 0 Å². The van der Waals surface area contributed by atoms with Gasteiger partial charge in [0, 0.05) is 10.0 Å². The molecule has 3 heteroatoms. The van der Waals surface area contributed by atoms with E-state index in [0.717, 1.165) is 22.9 Å². The summed E-state index contributed by atoms with van der Waals surface area (Å²) in [5.74, 6) is -0.335. The van der Waals surface area contributed by atoms with Gasteiger partial charge >= 0.3 is 0 Å². The number of hydrogen-bond acceptors (Lipinski definition) is 1. The highest BCUT2D eigenvalue weighted by Gasteiger charge is 2.18. The Morgan fingerprint density at radius 3 is 2.68 bits per heavy atom. The van der Waals surface area contributed by atoms with E-state index in [4.69, 9.17) is 0 Å². The van der Waals surface area contributed by atoms with Crippen LogP contribution in [-0.2, 0) is 12.8 Å². The molecular weight excluding hydrogens is 307 g/mol. The van der Waals surface area contributed by atoms with Gasteiger partial charge in [-0.3, -0.25) is 0 Å². The molecule has 1 aliphatic rings. The lowest BCUT2D eigenvalue weighted by molar-refractivity contribution is 0.219. The summed E-state index contributed by atoms with van der Waals surface area (Å²) in [7, 11) is 0. The Balaban J connectivity index is 1.99. The SMILES string of the molecule is OC(c1ccc2c(c1)CCC2)c1cc(F)ccc1Br. The molecule has 0 saturated carbocycles. The highest BCUT2D eigenvalue weighted by Crippen LogP contribution is 2.32. The van der Waals surface area contributed by atoms with E-state index >= 15 is 0 Å². The van der Waals surface area contributed by atoms with E-state index in [-0.39, 0.29) is 5.82 Å². The molecule has 1 atom stereocenters.